The molecule has 0 unspecified atom stereocenters. The number of rotatable bonds is 4. The van der Waals surface area contributed by atoms with Crippen LogP contribution in [0.5, 0.6) is 0 Å². The van der Waals surface area contributed by atoms with Gasteiger partial charge in [0.25, 0.3) is 0 Å². The Balaban J connectivity index is 3.11. The van der Waals surface area contributed by atoms with Crippen LogP contribution < -0.4 is 4.90 Å². The molecule has 4 nitrogen and oxygen atoms in total. The van der Waals surface area contributed by atoms with Crippen molar-refractivity contribution < 1.29 is 14.7 Å². The zero-order valence-electron chi connectivity index (χ0n) is 10.3. The Bertz CT molecular complexity index is 426. The second kappa shape index (κ2) is 5.48. The Morgan fingerprint density at radius 3 is 2.35 bits per heavy atom. The summed E-state index contributed by atoms with van der Waals surface area (Å²) in [6, 6.07) is 7.28. The Kier molecular flexibility index (Phi) is 4.26. The van der Waals surface area contributed by atoms with Gasteiger partial charge in [-0.1, -0.05) is 32.0 Å². The molecule has 0 fully saturated rings. The van der Waals surface area contributed by atoms with Crippen LogP contribution in [0.25, 0.3) is 0 Å². The van der Waals surface area contributed by atoms with Gasteiger partial charge in [-0.05, 0) is 18.6 Å². The summed E-state index contributed by atoms with van der Waals surface area (Å²) in [6.45, 7) is 5.07. The van der Waals surface area contributed by atoms with Gasteiger partial charge >= 0.3 is 5.97 Å². The summed E-state index contributed by atoms with van der Waals surface area (Å²) in [7, 11) is 0. The minimum Gasteiger partial charge on any atom is -0.480 e. The molecule has 17 heavy (non-hydrogen) atoms. The Morgan fingerprint density at radius 1 is 1.29 bits per heavy atom. The molecule has 92 valence electrons. The summed E-state index contributed by atoms with van der Waals surface area (Å²) in [4.78, 5) is 24.1. The molecule has 0 saturated carbocycles. The number of para-hydroxylation sites is 1. The Morgan fingerprint density at radius 2 is 1.88 bits per heavy atom. The van der Waals surface area contributed by atoms with E-state index in [0.717, 1.165) is 5.56 Å². The highest BCUT2D eigenvalue weighted by Gasteiger charge is 2.22. The molecule has 4 heteroatoms. The van der Waals surface area contributed by atoms with E-state index in [-0.39, 0.29) is 18.4 Å². The van der Waals surface area contributed by atoms with Crippen molar-refractivity contribution in [2.24, 2.45) is 5.92 Å². The number of carbonyl (C=O) groups excluding carboxylic acids is 1. The summed E-state index contributed by atoms with van der Waals surface area (Å²) in [5.74, 6) is -1.42. The minimum atomic E-state index is -1.01. The molecule has 0 aliphatic rings. The molecule has 0 radical (unpaired) electrons. The van der Waals surface area contributed by atoms with E-state index in [1.165, 1.54) is 4.90 Å². The van der Waals surface area contributed by atoms with Gasteiger partial charge in [0.15, 0.2) is 0 Å². The third-order valence-electron chi connectivity index (χ3n) is 2.46. The SMILES string of the molecule is Cc1ccccc1N(CC(=O)O)C(=O)C(C)C. The highest BCUT2D eigenvalue weighted by Crippen LogP contribution is 2.21. The minimum absolute atomic E-state index is 0.179. The van der Waals surface area contributed by atoms with E-state index in [4.69, 9.17) is 5.11 Å². The number of aryl methyl sites for hydroxylation is 1. The Hall–Kier alpha value is -1.84. The van der Waals surface area contributed by atoms with E-state index in [1.54, 1.807) is 26.0 Å². The molecule has 0 spiro atoms. The van der Waals surface area contributed by atoms with Crippen LogP contribution in [0.1, 0.15) is 19.4 Å². The summed E-state index contributed by atoms with van der Waals surface area (Å²) in [6.07, 6.45) is 0. The van der Waals surface area contributed by atoms with Gasteiger partial charge in [-0.25, -0.2) is 0 Å². The van der Waals surface area contributed by atoms with Gasteiger partial charge in [-0.2, -0.15) is 0 Å². The first kappa shape index (κ1) is 13.2. The van der Waals surface area contributed by atoms with E-state index >= 15 is 0 Å². The van der Waals surface area contributed by atoms with Crippen molar-refractivity contribution in [2.75, 3.05) is 11.4 Å². The van der Waals surface area contributed by atoms with Gasteiger partial charge < -0.3 is 10.0 Å². The van der Waals surface area contributed by atoms with Crippen molar-refractivity contribution in [3.63, 3.8) is 0 Å². The number of amides is 1. The maximum absolute atomic E-state index is 12.0. The van der Waals surface area contributed by atoms with Crippen LogP contribution in [0.2, 0.25) is 0 Å². The first-order valence-electron chi connectivity index (χ1n) is 5.52. The van der Waals surface area contributed by atoms with Crippen LogP contribution in [0.15, 0.2) is 24.3 Å². The van der Waals surface area contributed by atoms with Crippen molar-refractivity contribution in [1.29, 1.82) is 0 Å². The third-order valence-corrected chi connectivity index (χ3v) is 2.46. The second-order valence-corrected chi connectivity index (χ2v) is 4.26. The predicted molar refractivity (Wildman–Crippen MR) is 66.0 cm³/mol. The number of carboxylic acid groups (broad SMARTS) is 1. The van der Waals surface area contributed by atoms with Gasteiger partial charge in [0.05, 0.1) is 0 Å². The lowest BCUT2D eigenvalue weighted by Crippen LogP contribution is -2.38. The molecule has 0 aliphatic heterocycles. The standard InChI is InChI=1S/C13H17NO3/c1-9(2)13(17)14(8-12(15)16)11-7-5-4-6-10(11)3/h4-7,9H,8H2,1-3H3,(H,15,16). The van der Waals surface area contributed by atoms with Crippen LogP contribution in [0.3, 0.4) is 0 Å². The van der Waals surface area contributed by atoms with Crippen molar-refractivity contribution in [2.45, 2.75) is 20.8 Å². The summed E-state index contributed by atoms with van der Waals surface area (Å²) >= 11 is 0. The second-order valence-electron chi connectivity index (χ2n) is 4.26. The molecule has 1 rings (SSSR count). The molecule has 1 amide bonds. The topological polar surface area (TPSA) is 57.6 Å². The lowest BCUT2D eigenvalue weighted by molar-refractivity contribution is -0.137. The van der Waals surface area contributed by atoms with Gasteiger partial charge in [0, 0.05) is 11.6 Å². The Labute approximate surface area is 101 Å². The quantitative estimate of drug-likeness (QED) is 0.869. The normalized spacial score (nSPS) is 10.4. The van der Waals surface area contributed by atoms with Gasteiger partial charge in [0.1, 0.15) is 6.54 Å². The largest absolute Gasteiger partial charge is 0.480 e. The number of anilines is 1. The van der Waals surface area contributed by atoms with E-state index in [1.807, 2.05) is 19.1 Å². The molecule has 0 aliphatic carbocycles. The molecule has 0 atom stereocenters. The molecule has 1 aromatic carbocycles. The predicted octanol–water partition coefficient (Wildman–Crippen LogP) is 2.07. The zero-order chi connectivity index (χ0) is 13.0. The fourth-order valence-corrected chi connectivity index (χ4v) is 1.60. The van der Waals surface area contributed by atoms with Crippen LogP contribution in [-0.2, 0) is 9.59 Å². The number of carbonyl (C=O) groups is 2. The van der Waals surface area contributed by atoms with Crippen LogP contribution in [0, 0.1) is 12.8 Å². The van der Waals surface area contributed by atoms with Crippen molar-refractivity contribution in [3.05, 3.63) is 29.8 Å². The molecule has 0 bridgehead atoms. The van der Waals surface area contributed by atoms with Crippen LogP contribution in [0.4, 0.5) is 5.69 Å². The lowest BCUT2D eigenvalue weighted by atomic mass is 10.1. The fourth-order valence-electron chi connectivity index (χ4n) is 1.60. The smallest absolute Gasteiger partial charge is 0.323 e. The van der Waals surface area contributed by atoms with E-state index in [0.29, 0.717) is 5.69 Å². The van der Waals surface area contributed by atoms with E-state index in [9.17, 15) is 9.59 Å². The highest BCUT2D eigenvalue weighted by atomic mass is 16.4. The fraction of sp³-hybridized carbons (Fsp3) is 0.385. The number of hydrogen-bond acceptors (Lipinski definition) is 2. The molecular weight excluding hydrogens is 218 g/mol. The molecule has 0 saturated heterocycles. The molecular formula is C13H17NO3. The maximum atomic E-state index is 12.0. The van der Waals surface area contributed by atoms with Crippen LogP contribution in [-0.4, -0.2) is 23.5 Å². The van der Waals surface area contributed by atoms with Gasteiger partial charge in [-0.3, -0.25) is 9.59 Å². The molecule has 1 aromatic rings. The van der Waals surface area contributed by atoms with Gasteiger partial charge in [0.2, 0.25) is 5.91 Å². The van der Waals surface area contributed by atoms with Crippen molar-refractivity contribution >= 4 is 17.6 Å². The number of hydrogen-bond donors (Lipinski definition) is 1. The van der Waals surface area contributed by atoms with E-state index < -0.39 is 5.97 Å². The first-order valence-corrected chi connectivity index (χ1v) is 5.52. The lowest BCUT2D eigenvalue weighted by Gasteiger charge is -2.24. The number of benzene rings is 1. The van der Waals surface area contributed by atoms with Crippen LogP contribution >= 0.6 is 0 Å². The maximum Gasteiger partial charge on any atom is 0.323 e. The molecule has 1 N–H and O–H groups in total. The zero-order valence-corrected chi connectivity index (χ0v) is 10.3. The first-order chi connectivity index (χ1) is 7.93. The number of carboxylic acids is 1. The van der Waals surface area contributed by atoms with E-state index in [2.05, 4.69) is 0 Å². The number of aliphatic carboxylic acids is 1. The van der Waals surface area contributed by atoms with Crippen molar-refractivity contribution in [1.82, 2.24) is 0 Å². The summed E-state index contributed by atoms with van der Waals surface area (Å²) < 4.78 is 0. The highest BCUT2D eigenvalue weighted by molar-refractivity contribution is 5.98. The monoisotopic (exact) mass is 235 g/mol. The van der Waals surface area contributed by atoms with Crippen molar-refractivity contribution in [3.8, 4) is 0 Å². The third kappa shape index (κ3) is 3.31. The molecule has 0 heterocycles. The average molecular weight is 235 g/mol. The summed E-state index contributed by atoms with van der Waals surface area (Å²) in [5.41, 5.74) is 1.55. The number of nitrogens with zero attached hydrogens (tertiary/aromatic N) is 1. The van der Waals surface area contributed by atoms with Gasteiger partial charge in [-0.15, -0.1) is 0 Å². The summed E-state index contributed by atoms with van der Waals surface area (Å²) in [5, 5.41) is 8.87. The molecule has 0 aromatic heterocycles. The average Bonchev–Trinajstić information content (AvgIpc) is 2.25.